The molecule has 142 valence electrons. The highest BCUT2D eigenvalue weighted by molar-refractivity contribution is 7.18. The molecular weight excluding hydrogens is 368 g/mol. The molecule has 0 aliphatic carbocycles. The van der Waals surface area contributed by atoms with Gasteiger partial charge in [0.2, 0.25) is 5.91 Å². The standard InChI is InChI=1S/C20H21F2N3OS/c1-12(14-8-9-15(21)16(22)10-14)23-11-19(26)25(3)13(2)20-24-17-6-4-5-7-18(17)27-20/h4-10,12-13,23H,11H2,1-3H3/t12-,13-/m0/s1. The Labute approximate surface area is 160 Å². The fourth-order valence-corrected chi connectivity index (χ4v) is 3.78. The highest BCUT2D eigenvalue weighted by Crippen LogP contribution is 2.28. The predicted molar refractivity (Wildman–Crippen MR) is 104 cm³/mol. The van der Waals surface area contributed by atoms with Gasteiger partial charge < -0.3 is 10.2 Å². The number of nitrogens with zero attached hydrogens (tertiary/aromatic N) is 2. The molecule has 2 atom stereocenters. The third-order valence-corrected chi connectivity index (χ3v) is 5.85. The molecule has 4 nitrogen and oxygen atoms in total. The maximum absolute atomic E-state index is 13.4. The summed E-state index contributed by atoms with van der Waals surface area (Å²) in [5.41, 5.74) is 1.51. The average Bonchev–Trinajstić information content (AvgIpc) is 3.11. The normalized spacial score (nSPS) is 13.5. The summed E-state index contributed by atoms with van der Waals surface area (Å²) in [6, 6.07) is 11.2. The monoisotopic (exact) mass is 389 g/mol. The Morgan fingerprint density at radius 3 is 2.63 bits per heavy atom. The molecule has 0 aliphatic heterocycles. The molecule has 3 rings (SSSR count). The summed E-state index contributed by atoms with van der Waals surface area (Å²) >= 11 is 1.57. The van der Waals surface area contributed by atoms with Crippen LogP contribution in [0, 0.1) is 11.6 Å². The number of aromatic nitrogens is 1. The van der Waals surface area contributed by atoms with Gasteiger partial charge in [0, 0.05) is 13.1 Å². The quantitative estimate of drug-likeness (QED) is 0.678. The van der Waals surface area contributed by atoms with Crippen LogP contribution in [0.25, 0.3) is 10.2 Å². The number of amides is 1. The van der Waals surface area contributed by atoms with Gasteiger partial charge in [-0.25, -0.2) is 13.8 Å². The predicted octanol–water partition coefficient (Wildman–Crippen LogP) is 4.44. The Kier molecular flexibility index (Phi) is 5.82. The van der Waals surface area contributed by atoms with Gasteiger partial charge in [0.1, 0.15) is 5.01 Å². The highest BCUT2D eigenvalue weighted by Gasteiger charge is 2.21. The number of rotatable bonds is 6. The lowest BCUT2D eigenvalue weighted by Crippen LogP contribution is -2.37. The number of hydrogen-bond donors (Lipinski definition) is 1. The lowest BCUT2D eigenvalue weighted by atomic mass is 10.1. The third kappa shape index (κ3) is 4.31. The average molecular weight is 389 g/mol. The smallest absolute Gasteiger partial charge is 0.236 e. The number of halogens is 2. The minimum Gasteiger partial charge on any atom is -0.335 e. The van der Waals surface area contributed by atoms with Crippen LogP contribution in [0.1, 0.15) is 36.5 Å². The second-order valence-corrected chi connectivity index (χ2v) is 7.54. The van der Waals surface area contributed by atoms with Crippen molar-refractivity contribution < 1.29 is 13.6 Å². The Morgan fingerprint density at radius 2 is 1.93 bits per heavy atom. The molecule has 1 aromatic heterocycles. The van der Waals surface area contributed by atoms with Gasteiger partial charge in [-0.2, -0.15) is 0 Å². The fraction of sp³-hybridized carbons (Fsp3) is 0.300. The van der Waals surface area contributed by atoms with Crippen LogP contribution in [-0.2, 0) is 4.79 Å². The van der Waals surface area contributed by atoms with Gasteiger partial charge in [0.05, 0.1) is 22.8 Å². The highest BCUT2D eigenvalue weighted by atomic mass is 32.1. The number of carbonyl (C=O) groups excluding carboxylic acids is 1. The van der Waals surface area contributed by atoms with Crippen molar-refractivity contribution in [3.05, 3.63) is 64.7 Å². The zero-order valence-electron chi connectivity index (χ0n) is 15.4. The summed E-state index contributed by atoms with van der Waals surface area (Å²) < 4.78 is 27.5. The molecule has 0 fully saturated rings. The third-order valence-electron chi connectivity index (χ3n) is 4.65. The molecule has 7 heteroatoms. The number of hydrogen-bond acceptors (Lipinski definition) is 4. The summed E-state index contributed by atoms with van der Waals surface area (Å²) in [6.07, 6.45) is 0. The van der Waals surface area contributed by atoms with Gasteiger partial charge >= 0.3 is 0 Å². The van der Waals surface area contributed by atoms with E-state index in [-0.39, 0.29) is 24.5 Å². The van der Waals surface area contributed by atoms with E-state index < -0.39 is 11.6 Å². The Hall–Kier alpha value is -2.38. The molecule has 1 N–H and O–H groups in total. The second-order valence-electron chi connectivity index (χ2n) is 6.48. The van der Waals surface area contributed by atoms with Gasteiger partial charge in [0.15, 0.2) is 11.6 Å². The first-order chi connectivity index (χ1) is 12.9. The molecule has 0 aliphatic rings. The van der Waals surface area contributed by atoms with Crippen LogP contribution in [0.15, 0.2) is 42.5 Å². The zero-order valence-corrected chi connectivity index (χ0v) is 16.2. The summed E-state index contributed by atoms with van der Waals surface area (Å²) in [6.45, 7) is 3.83. The topological polar surface area (TPSA) is 45.2 Å². The van der Waals surface area contributed by atoms with Crippen molar-refractivity contribution in [1.29, 1.82) is 0 Å². The van der Waals surface area contributed by atoms with Gasteiger partial charge in [-0.3, -0.25) is 4.79 Å². The van der Waals surface area contributed by atoms with Crippen LogP contribution in [0.4, 0.5) is 8.78 Å². The maximum Gasteiger partial charge on any atom is 0.236 e. The maximum atomic E-state index is 13.4. The molecule has 0 bridgehead atoms. The lowest BCUT2D eigenvalue weighted by Gasteiger charge is -2.24. The molecule has 2 aromatic carbocycles. The van der Waals surface area contributed by atoms with E-state index in [0.29, 0.717) is 5.56 Å². The van der Waals surface area contributed by atoms with Crippen molar-refractivity contribution in [2.24, 2.45) is 0 Å². The van der Waals surface area contributed by atoms with E-state index in [0.717, 1.165) is 27.4 Å². The SMILES string of the molecule is C[C@H](NCC(=O)N(C)[C@@H](C)c1nc2ccccc2s1)c1ccc(F)c(F)c1. The van der Waals surface area contributed by atoms with Gasteiger partial charge in [-0.15, -0.1) is 11.3 Å². The van der Waals surface area contributed by atoms with Crippen molar-refractivity contribution >= 4 is 27.5 Å². The molecule has 1 amide bonds. The number of thiazole rings is 1. The van der Waals surface area contributed by atoms with Gasteiger partial charge in [0.25, 0.3) is 0 Å². The van der Waals surface area contributed by atoms with Crippen molar-refractivity contribution in [2.45, 2.75) is 25.9 Å². The molecule has 0 radical (unpaired) electrons. The molecule has 0 saturated carbocycles. The van der Waals surface area contributed by atoms with Crippen molar-refractivity contribution in [3.8, 4) is 0 Å². The van der Waals surface area contributed by atoms with Crippen LogP contribution in [0.5, 0.6) is 0 Å². The van der Waals surface area contributed by atoms with Crippen molar-refractivity contribution in [2.75, 3.05) is 13.6 Å². The number of benzene rings is 2. The van der Waals surface area contributed by atoms with E-state index in [1.807, 2.05) is 31.2 Å². The van der Waals surface area contributed by atoms with Crippen LogP contribution >= 0.6 is 11.3 Å². The number of fused-ring (bicyclic) bond motifs is 1. The number of nitrogens with one attached hydrogen (secondary N) is 1. The van der Waals surface area contributed by atoms with Crippen LogP contribution < -0.4 is 5.32 Å². The molecule has 0 spiro atoms. The van der Waals surface area contributed by atoms with Crippen molar-refractivity contribution in [3.63, 3.8) is 0 Å². The fourth-order valence-electron chi connectivity index (χ4n) is 2.72. The summed E-state index contributed by atoms with van der Waals surface area (Å²) in [5.74, 6) is -1.88. The minimum absolute atomic E-state index is 0.0892. The van der Waals surface area contributed by atoms with Gasteiger partial charge in [-0.05, 0) is 43.7 Å². The summed E-state index contributed by atoms with van der Waals surface area (Å²) in [7, 11) is 1.74. The summed E-state index contributed by atoms with van der Waals surface area (Å²) in [5, 5.41) is 3.94. The Bertz CT molecular complexity index is 926. The first-order valence-electron chi connectivity index (χ1n) is 8.66. The van der Waals surface area contributed by atoms with E-state index in [2.05, 4.69) is 10.3 Å². The minimum atomic E-state index is -0.894. The van der Waals surface area contributed by atoms with E-state index in [1.165, 1.54) is 6.07 Å². The number of likely N-dealkylation sites (N-methyl/N-ethyl adjacent to an activating group) is 1. The molecular formula is C20H21F2N3OS. The van der Waals surface area contributed by atoms with E-state index in [1.54, 1.807) is 30.2 Å². The Morgan fingerprint density at radius 1 is 1.19 bits per heavy atom. The number of carbonyl (C=O) groups is 1. The van der Waals surface area contributed by atoms with E-state index >= 15 is 0 Å². The van der Waals surface area contributed by atoms with Gasteiger partial charge in [-0.1, -0.05) is 18.2 Å². The second kappa shape index (κ2) is 8.10. The van der Waals surface area contributed by atoms with E-state index in [4.69, 9.17) is 0 Å². The lowest BCUT2D eigenvalue weighted by molar-refractivity contribution is -0.131. The van der Waals surface area contributed by atoms with E-state index in [9.17, 15) is 13.6 Å². The molecule has 27 heavy (non-hydrogen) atoms. The first kappa shape index (κ1) is 19.4. The first-order valence-corrected chi connectivity index (χ1v) is 9.48. The Balaban J connectivity index is 1.61. The molecule has 0 saturated heterocycles. The number of para-hydroxylation sites is 1. The molecule has 0 unspecified atom stereocenters. The molecule has 1 heterocycles. The van der Waals surface area contributed by atoms with Crippen LogP contribution in [0.2, 0.25) is 0 Å². The zero-order chi connectivity index (χ0) is 19.6. The summed E-state index contributed by atoms with van der Waals surface area (Å²) in [4.78, 5) is 18.8. The van der Waals surface area contributed by atoms with Crippen molar-refractivity contribution in [1.82, 2.24) is 15.2 Å². The molecule has 3 aromatic rings. The van der Waals surface area contributed by atoms with Crippen LogP contribution in [0.3, 0.4) is 0 Å². The van der Waals surface area contributed by atoms with Crippen LogP contribution in [-0.4, -0.2) is 29.4 Å². The largest absolute Gasteiger partial charge is 0.335 e.